The zero-order valence-electron chi connectivity index (χ0n) is 14.1. The van der Waals surface area contributed by atoms with Crippen molar-refractivity contribution in [2.75, 3.05) is 32.9 Å². The molecule has 0 radical (unpaired) electrons. The third-order valence-electron chi connectivity index (χ3n) is 4.83. The molecule has 130 valence electrons. The van der Waals surface area contributed by atoms with E-state index in [-0.39, 0.29) is 5.60 Å². The van der Waals surface area contributed by atoms with Crippen molar-refractivity contribution >= 4 is 11.3 Å². The lowest BCUT2D eigenvalue weighted by Gasteiger charge is -2.31. The Hall–Kier alpha value is -1.28. The number of hydrogen-bond donors (Lipinski definition) is 0. The first-order valence-corrected chi connectivity index (χ1v) is 9.34. The third-order valence-corrected chi connectivity index (χ3v) is 5.81. The van der Waals surface area contributed by atoms with Crippen LogP contribution in [0.25, 0.3) is 0 Å². The van der Waals surface area contributed by atoms with Crippen LogP contribution >= 0.6 is 11.3 Å². The lowest BCUT2D eigenvalue weighted by Crippen LogP contribution is -2.43. The second-order valence-electron chi connectivity index (χ2n) is 7.00. The van der Waals surface area contributed by atoms with E-state index in [9.17, 15) is 0 Å². The Labute approximate surface area is 146 Å². The smallest absolute Gasteiger partial charge is 0.119 e. The van der Waals surface area contributed by atoms with Crippen molar-refractivity contribution in [2.45, 2.75) is 32.0 Å². The average Bonchev–Trinajstić information content (AvgIpc) is 3.25. The number of thiophene rings is 1. The molecule has 0 unspecified atom stereocenters. The van der Waals surface area contributed by atoms with Crippen molar-refractivity contribution in [3.05, 3.63) is 34.5 Å². The molecule has 2 atom stereocenters. The van der Waals surface area contributed by atoms with Gasteiger partial charge in [0.1, 0.15) is 18.3 Å². The van der Waals surface area contributed by atoms with Gasteiger partial charge in [-0.2, -0.15) is 0 Å². The van der Waals surface area contributed by atoms with Gasteiger partial charge in [-0.15, -0.1) is 21.5 Å². The molecule has 4 rings (SSSR count). The predicted molar refractivity (Wildman–Crippen MR) is 92.0 cm³/mol. The first-order valence-electron chi connectivity index (χ1n) is 8.53. The summed E-state index contributed by atoms with van der Waals surface area (Å²) in [7, 11) is 0. The Balaban J connectivity index is 1.40. The average molecular weight is 348 g/mol. The fourth-order valence-corrected chi connectivity index (χ4v) is 4.72. The van der Waals surface area contributed by atoms with Crippen molar-refractivity contribution < 1.29 is 9.47 Å². The highest BCUT2D eigenvalue weighted by atomic mass is 32.1. The zero-order valence-corrected chi connectivity index (χ0v) is 14.9. The van der Waals surface area contributed by atoms with Crippen LogP contribution in [-0.2, 0) is 22.6 Å². The SMILES string of the molecule is Cc1ccc(CN2CCOC[C@]3(C[C@H](Cn4cnnc4)CO3)C2)s1. The van der Waals surface area contributed by atoms with Crippen LogP contribution in [0.3, 0.4) is 0 Å². The first kappa shape index (κ1) is 16.2. The Morgan fingerprint density at radius 1 is 1.33 bits per heavy atom. The van der Waals surface area contributed by atoms with Crippen LogP contribution in [0.15, 0.2) is 24.8 Å². The number of aryl methyl sites for hydroxylation is 1. The molecule has 2 aromatic rings. The number of aromatic nitrogens is 3. The highest BCUT2D eigenvalue weighted by Crippen LogP contribution is 2.34. The van der Waals surface area contributed by atoms with Gasteiger partial charge in [-0.1, -0.05) is 0 Å². The second kappa shape index (κ2) is 6.92. The highest BCUT2D eigenvalue weighted by molar-refractivity contribution is 7.11. The van der Waals surface area contributed by atoms with E-state index in [1.165, 1.54) is 9.75 Å². The summed E-state index contributed by atoms with van der Waals surface area (Å²) >= 11 is 1.88. The minimum absolute atomic E-state index is 0.165. The Morgan fingerprint density at radius 2 is 2.21 bits per heavy atom. The van der Waals surface area contributed by atoms with Crippen LogP contribution in [-0.4, -0.2) is 58.2 Å². The maximum atomic E-state index is 6.28. The molecule has 24 heavy (non-hydrogen) atoms. The summed E-state index contributed by atoms with van der Waals surface area (Å²) in [6, 6.07) is 4.44. The summed E-state index contributed by atoms with van der Waals surface area (Å²) in [6.07, 6.45) is 4.59. The fourth-order valence-electron chi connectivity index (χ4n) is 3.79. The van der Waals surface area contributed by atoms with Crippen LogP contribution in [0.4, 0.5) is 0 Å². The van der Waals surface area contributed by atoms with E-state index >= 15 is 0 Å². The number of rotatable bonds is 4. The highest BCUT2D eigenvalue weighted by Gasteiger charge is 2.43. The third kappa shape index (κ3) is 3.69. The molecule has 2 fully saturated rings. The normalized spacial score (nSPS) is 28.5. The minimum Gasteiger partial charge on any atom is -0.377 e. The molecule has 2 aliphatic heterocycles. The molecule has 0 aromatic carbocycles. The topological polar surface area (TPSA) is 52.4 Å². The van der Waals surface area contributed by atoms with E-state index in [1.54, 1.807) is 12.7 Å². The summed E-state index contributed by atoms with van der Waals surface area (Å²) in [4.78, 5) is 5.28. The molecule has 2 saturated heterocycles. The summed E-state index contributed by atoms with van der Waals surface area (Å²) in [6.45, 7) is 8.25. The molecule has 1 spiro atoms. The number of hydrogen-bond acceptors (Lipinski definition) is 6. The molecule has 4 heterocycles. The van der Waals surface area contributed by atoms with Gasteiger partial charge in [0, 0.05) is 41.9 Å². The van der Waals surface area contributed by atoms with E-state index in [4.69, 9.17) is 9.47 Å². The molecular formula is C17H24N4O2S. The van der Waals surface area contributed by atoms with Crippen LogP contribution in [0.1, 0.15) is 16.2 Å². The van der Waals surface area contributed by atoms with Gasteiger partial charge in [0.2, 0.25) is 0 Å². The maximum absolute atomic E-state index is 6.28. The van der Waals surface area contributed by atoms with Crippen molar-refractivity contribution in [3.63, 3.8) is 0 Å². The monoisotopic (exact) mass is 348 g/mol. The molecule has 0 saturated carbocycles. The molecule has 0 N–H and O–H groups in total. The fraction of sp³-hybridized carbons (Fsp3) is 0.647. The molecular weight excluding hydrogens is 324 g/mol. The van der Waals surface area contributed by atoms with Crippen LogP contribution in [0.2, 0.25) is 0 Å². The summed E-state index contributed by atoms with van der Waals surface area (Å²) in [5.41, 5.74) is -0.165. The van der Waals surface area contributed by atoms with E-state index in [0.29, 0.717) is 12.5 Å². The summed E-state index contributed by atoms with van der Waals surface area (Å²) in [5.74, 6) is 0.494. The molecule has 2 aromatic heterocycles. The minimum atomic E-state index is -0.165. The van der Waals surface area contributed by atoms with E-state index in [2.05, 4.69) is 34.2 Å². The van der Waals surface area contributed by atoms with Gasteiger partial charge >= 0.3 is 0 Å². The van der Waals surface area contributed by atoms with Crippen molar-refractivity contribution in [2.24, 2.45) is 5.92 Å². The molecule has 6 nitrogen and oxygen atoms in total. The first-order chi connectivity index (χ1) is 11.7. The Morgan fingerprint density at radius 3 is 3.00 bits per heavy atom. The lowest BCUT2D eigenvalue weighted by molar-refractivity contribution is -0.0562. The van der Waals surface area contributed by atoms with Gasteiger partial charge in [0.05, 0.1) is 19.8 Å². The quantitative estimate of drug-likeness (QED) is 0.845. The summed E-state index contributed by atoms with van der Waals surface area (Å²) < 4.78 is 14.2. The van der Waals surface area contributed by atoms with Crippen LogP contribution in [0, 0.1) is 12.8 Å². The molecule has 7 heteroatoms. The van der Waals surface area contributed by atoms with Crippen molar-refractivity contribution in [1.82, 2.24) is 19.7 Å². The lowest BCUT2D eigenvalue weighted by atomic mass is 9.94. The van der Waals surface area contributed by atoms with Gasteiger partial charge < -0.3 is 14.0 Å². The zero-order chi connectivity index (χ0) is 16.4. The molecule has 0 amide bonds. The van der Waals surface area contributed by atoms with Gasteiger partial charge in [0.15, 0.2) is 0 Å². The van der Waals surface area contributed by atoms with Gasteiger partial charge in [-0.25, -0.2) is 0 Å². The largest absolute Gasteiger partial charge is 0.377 e. The molecule has 0 aliphatic carbocycles. The van der Waals surface area contributed by atoms with E-state index in [1.807, 2.05) is 15.9 Å². The maximum Gasteiger partial charge on any atom is 0.119 e. The standard InChI is InChI=1S/C17H24N4O2S/c1-14-2-3-16(24-14)8-20-4-5-22-11-17(10-20)6-15(9-23-17)7-21-12-18-19-13-21/h2-3,12-13,15H,4-11H2,1H3/t15-,17+/m1/s1. The Kier molecular flexibility index (Phi) is 4.67. The van der Waals surface area contributed by atoms with E-state index in [0.717, 1.165) is 45.8 Å². The van der Waals surface area contributed by atoms with Gasteiger partial charge in [-0.3, -0.25) is 4.90 Å². The number of nitrogens with zero attached hydrogens (tertiary/aromatic N) is 4. The van der Waals surface area contributed by atoms with Crippen molar-refractivity contribution in [1.29, 1.82) is 0 Å². The van der Waals surface area contributed by atoms with E-state index < -0.39 is 0 Å². The van der Waals surface area contributed by atoms with Gasteiger partial charge in [0.25, 0.3) is 0 Å². The molecule has 2 aliphatic rings. The second-order valence-corrected chi connectivity index (χ2v) is 8.37. The molecule has 0 bridgehead atoms. The van der Waals surface area contributed by atoms with Crippen LogP contribution in [0.5, 0.6) is 0 Å². The van der Waals surface area contributed by atoms with Crippen LogP contribution < -0.4 is 0 Å². The summed E-state index contributed by atoms with van der Waals surface area (Å²) in [5, 5.41) is 7.77. The Bertz CT molecular complexity index is 659. The predicted octanol–water partition coefficient (Wildman–Crippen LogP) is 1.96. The van der Waals surface area contributed by atoms with Crippen molar-refractivity contribution in [3.8, 4) is 0 Å². The van der Waals surface area contributed by atoms with Gasteiger partial charge in [-0.05, 0) is 25.5 Å². The number of ether oxygens (including phenoxy) is 2.